The molecule has 0 aromatic heterocycles. The Hall–Kier alpha value is -1.84. The molecule has 1 fully saturated rings. The van der Waals surface area contributed by atoms with Crippen molar-refractivity contribution in [3.8, 4) is 5.75 Å². The maximum atomic E-state index is 11.8. The molecule has 1 aromatic carbocycles. The number of hydrogen-bond acceptors (Lipinski definition) is 3. The summed E-state index contributed by atoms with van der Waals surface area (Å²) in [6, 6.07) is 7.05. The van der Waals surface area contributed by atoms with Crippen LogP contribution in [-0.4, -0.2) is 36.3 Å². The Morgan fingerprint density at radius 2 is 1.83 bits per heavy atom. The molecule has 0 aliphatic carbocycles. The number of ketones is 1. The summed E-state index contributed by atoms with van der Waals surface area (Å²) in [5.41, 5.74) is 0.636. The third-order valence-corrected chi connectivity index (χ3v) is 2.85. The van der Waals surface area contributed by atoms with Crippen molar-refractivity contribution in [1.29, 1.82) is 0 Å². The number of Topliss-reactive ketones (excluding diaryl/α,β-unsaturated/α-hetero) is 1. The van der Waals surface area contributed by atoms with Crippen molar-refractivity contribution in [2.24, 2.45) is 0 Å². The summed E-state index contributed by atoms with van der Waals surface area (Å²) in [6.45, 7) is 4.21. The van der Waals surface area contributed by atoms with E-state index >= 15 is 0 Å². The number of nitrogens with zero attached hydrogens (tertiary/aromatic N) is 1. The molecule has 18 heavy (non-hydrogen) atoms. The predicted molar refractivity (Wildman–Crippen MR) is 67.8 cm³/mol. The first-order valence-corrected chi connectivity index (χ1v) is 6.24. The van der Waals surface area contributed by atoms with E-state index in [9.17, 15) is 9.59 Å². The van der Waals surface area contributed by atoms with Crippen LogP contribution in [-0.2, 0) is 4.79 Å². The average molecular weight is 247 g/mol. The van der Waals surface area contributed by atoms with Crippen molar-refractivity contribution in [2.45, 2.75) is 19.8 Å². The fraction of sp³-hybridized carbons (Fsp3) is 0.429. The monoisotopic (exact) mass is 247 g/mol. The number of benzene rings is 1. The van der Waals surface area contributed by atoms with Crippen LogP contribution < -0.4 is 4.74 Å². The van der Waals surface area contributed by atoms with Gasteiger partial charge in [-0.15, -0.1) is 0 Å². The summed E-state index contributed by atoms with van der Waals surface area (Å²) in [6.07, 6.45) is 0.593. The zero-order chi connectivity index (χ0) is 13.0. The predicted octanol–water partition coefficient (Wildman–Crippen LogP) is 1.89. The van der Waals surface area contributed by atoms with Crippen LogP contribution in [0.15, 0.2) is 24.3 Å². The fourth-order valence-corrected chi connectivity index (χ4v) is 1.73. The van der Waals surface area contributed by atoms with Gasteiger partial charge < -0.3 is 9.64 Å². The van der Waals surface area contributed by atoms with Gasteiger partial charge in [-0.2, -0.15) is 0 Å². The van der Waals surface area contributed by atoms with Crippen LogP contribution in [0.5, 0.6) is 5.75 Å². The first-order chi connectivity index (χ1) is 8.70. The molecule has 0 unspecified atom stereocenters. The van der Waals surface area contributed by atoms with E-state index in [1.807, 2.05) is 6.92 Å². The number of carbonyl (C=O) groups is 2. The molecule has 1 aliphatic heterocycles. The lowest BCUT2D eigenvalue weighted by Gasteiger charge is -2.04. The molecule has 0 radical (unpaired) electrons. The van der Waals surface area contributed by atoms with Gasteiger partial charge >= 0.3 is 0 Å². The zero-order valence-electron chi connectivity index (χ0n) is 10.5. The van der Waals surface area contributed by atoms with Gasteiger partial charge in [0.1, 0.15) is 5.75 Å². The summed E-state index contributed by atoms with van der Waals surface area (Å²) in [5, 5.41) is 0. The molecule has 0 bridgehead atoms. The zero-order valence-corrected chi connectivity index (χ0v) is 10.5. The van der Waals surface area contributed by atoms with E-state index < -0.39 is 0 Å². The van der Waals surface area contributed by atoms with E-state index in [4.69, 9.17) is 4.74 Å². The molecule has 1 amide bonds. The highest BCUT2D eigenvalue weighted by Crippen LogP contribution is 2.15. The van der Waals surface area contributed by atoms with E-state index in [0.29, 0.717) is 18.6 Å². The lowest BCUT2D eigenvalue weighted by molar-refractivity contribution is -0.125. The van der Waals surface area contributed by atoms with Crippen molar-refractivity contribution in [3.05, 3.63) is 29.8 Å². The summed E-state index contributed by atoms with van der Waals surface area (Å²) < 4.78 is 5.31. The van der Waals surface area contributed by atoms with Gasteiger partial charge in [-0.25, -0.2) is 0 Å². The maximum Gasteiger partial charge on any atom is 0.223 e. The van der Waals surface area contributed by atoms with Crippen molar-refractivity contribution < 1.29 is 14.3 Å². The van der Waals surface area contributed by atoms with Gasteiger partial charge in [0.2, 0.25) is 5.91 Å². The van der Waals surface area contributed by atoms with Crippen LogP contribution in [0.3, 0.4) is 0 Å². The molecule has 96 valence electrons. The number of hydrogen-bond donors (Lipinski definition) is 0. The Morgan fingerprint density at radius 1 is 1.17 bits per heavy atom. The number of carbonyl (C=O) groups excluding carboxylic acids is 2. The Balaban J connectivity index is 1.85. The second kappa shape index (κ2) is 5.67. The SMILES string of the molecule is CCOc1ccc(C(=O)CCC(=O)N2CC2)cc1. The lowest BCUT2D eigenvalue weighted by atomic mass is 10.1. The Bertz CT molecular complexity index is 435. The van der Waals surface area contributed by atoms with Crippen LogP contribution >= 0.6 is 0 Å². The smallest absolute Gasteiger partial charge is 0.223 e. The Labute approximate surface area is 107 Å². The van der Waals surface area contributed by atoms with E-state index in [-0.39, 0.29) is 18.1 Å². The van der Waals surface area contributed by atoms with E-state index in [2.05, 4.69) is 0 Å². The number of rotatable bonds is 6. The van der Waals surface area contributed by atoms with Crippen LogP contribution in [0.1, 0.15) is 30.1 Å². The highest BCUT2D eigenvalue weighted by molar-refractivity contribution is 5.98. The first-order valence-electron chi connectivity index (χ1n) is 6.24. The molecule has 0 spiro atoms. The summed E-state index contributed by atoms with van der Waals surface area (Å²) >= 11 is 0. The molecule has 0 N–H and O–H groups in total. The molecule has 0 atom stereocenters. The number of amides is 1. The number of ether oxygens (including phenoxy) is 1. The van der Waals surface area contributed by atoms with Gasteiger partial charge in [0, 0.05) is 31.5 Å². The standard InChI is InChI=1S/C14H17NO3/c1-2-18-12-5-3-11(4-6-12)13(16)7-8-14(17)15-9-10-15/h3-6H,2,7-10H2,1H3. The molecule has 1 saturated heterocycles. The molecular weight excluding hydrogens is 230 g/mol. The molecule has 4 heteroatoms. The highest BCUT2D eigenvalue weighted by atomic mass is 16.5. The minimum atomic E-state index is 0.00764. The topological polar surface area (TPSA) is 46.4 Å². The summed E-state index contributed by atoms with van der Waals surface area (Å²) in [7, 11) is 0. The fourth-order valence-electron chi connectivity index (χ4n) is 1.73. The molecule has 4 nitrogen and oxygen atoms in total. The van der Waals surface area contributed by atoms with Gasteiger partial charge in [-0.3, -0.25) is 9.59 Å². The highest BCUT2D eigenvalue weighted by Gasteiger charge is 2.24. The van der Waals surface area contributed by atoms with E-state index in [0.717, 1.165) is 18.8 Å². The van der Waals surface area contributed by atoms with Gasteiger partial charge in [-0.1, -0.05) is 0 Å². The lowest BCUT2D eigenvalue weighted by Crippen LogP contribution is -2.12. The molecule has 1 aromatic rings. The van der Waals surface area contributed by atoms with Crippen LogP contribution in [0.2, 0.25) is 0 Å². The van der Waals surface area contributed by atoms with E-state index in [1.165, 1.54) is 0 Å². The van der Waals surface area contributed by atoms with Crippen molar-refractivity contribution >= 4 is 11.7 Å². The van der Waals surface area contributed by atoms with Gasteiger partial charge in [0.15, 0.2) is 5.78 Å². The minimum absolute atomic E-state index is 0.00764. The molecule has 1 heterocycles. The summed E-state index contributed by atoms with van der Waals surface area (Å²) in [5.74, 6) is 0.844. The quantitative estimate of drug-likeness (QED) is 0.569. The van der Waals surface area contributed by atoms with E-state index in [1.54, 1.807) is 29.2 Å². The Morgan fingerprint density at radius 3 is 2.39 bits per heavy atom. The van der Waals surface area contributed by atoms with Gasteiger partial charge in [0.05, 0.1) is 6.61 Å². The third kappa shape index (κ3) is 3.32. The molecule has 1 aliphatic rings. The van der Waals surface area contributed by atoms with Crippen LogP contribution in [0.4, 0.5) is 0 Å². The Kier molecular flexibility index (Phi) is 3.97. The summed E-state index contributed by atoms with van der Waals surface area (Å²) in [4.78, 5) is 25.0. The molecule has 0 saturated carbocycles. The van der Waals surface area contributed by atoms with Crippen molar-refractivity contribution in [2.75, 3.05) is 19.7 Å². The normalized spacial score (nSPS) is 13.3. The maximum absolute atomic E-state index is 11.8. The minimum Gasteiger partial charge on any atom is -0.494 e. The average Bonchev–Trinajstić information content (AvgIpc) is 3.21. The largest absolute Gasteiger partial charge is 0.494 e. The second-order valence-electron chi connectivity index (χ2n) is 4.26. The van der Waals surface area contributed by atoms with Gasteiger partial charge in [-0.05, 0) is 31.2 Å². The molecule has 2 rings (SSSR count). The third-order valence-electron chi connectivity index (χ3n) is 2.85. The van der Waals surface area contributed by atoms with Crippen LogP contribution in [0, 0.1) is 0 Å². The second-order valence-corrected chi connectivity index (χ2v) is 4.26. The first kappa shape index (κ1) is 12.6. The molecular formula is C14H17NO3. The van der Waals surface area contributed by atoms with Crippen LogP contribution in [0.25, 0.3) is 0 Å². The van der Waals surface area contributed by atoms with Crippen molar-refractivity contribution in [1.82, 2.24) is 4.90 Å². The van der Waals surface area contributed by atoms with Crippen molar-refractivity contribution in [3.63, 3.8) is 0 Å². The van der Waals surface area contributed by atoms with Gasteiger partial charge in [0.25, 0.3) is 0 Å².